The third-order valence-corrected chi connectivity index (χ3v) is 3.40. The summed E-state index contributed by atoms with van der Waals surface area (Å²) in [5.74, 6) is 1.03. The average molecular weight is 289 g/mol. The summed E-state index contributed by atoms with van der Waals surface area (Å²) in [5.41, 5.74) is 8.35. The highest BCUT2D eigenvalue weighted by Crippen LogP contribution is 2.36. The summed E-state index contributed by atoms with van der Waals surface area (Å²) in [5, 5.41) is 0. The van der Waals surface area contributed by atoms with Crippen LogP contribution in [-0.4, -0.2) is 6.61 Å². The van der Waals surface area contributed by atoms with Gasteiger partial charge in [0.15, 0.2) is 0 Å². The quantitative estimate of drug-likeness (QED) is 0.805. The molecule has 70 valence electrons. The minimum atomic E-state index is 0.0669. The number of ether oxygens (including phenoxy) is 1. The maximum atomic E-state index is 5.89. The third kappa shape index (κ3) is 1.44. The van der Waals surface area contributed by atoms with Gasteiger partial charge in [0.1, 0.15) is 12.4 Å². The Bertz CT molecular complexity index is 338. The van der Waals surface area contributed by atoms with Crippen LogP contribution in [0.15, 0.2) is 12.1 Å². The minimum absolute atomic E-state index is 0.0669. The Balaban J connectivity index is 2.57. The van der Waals surface area contributed by atoms with E-state index < -0.39 is 0 Å². The molecule has 1 atom stereocenters. The van der Waals surface area contributed by atoms with Crippen molar-refractivity contribution < 1.29 is 4.74 Å². The summed E-state index contributed by atoms with van der Waals surface area (Å²) in [6, 6.07) is 4.26. The minimum Gasteiger partial charge on any atom is -0.491 e. The van der Waals surface area contributed by atoms with Crippen LogP contribution in [0.3, 0.4) is 0 Å². The summed E-state index contributed by atoms with van der Waals surface area (Å²) in [4.78, 5) is 0. The lowest BCUT2D eigenvalue weighted by atomic mass is 10.0. The molecular formula is C10H12INO. The van der Waals surface area contributed by atoms with Crippen LogP contribution in [0.4, 0.5) is 0 Å². The van der Waals surface area contributed by atoms with E-state index in [1.807, 2.05) is 0 Å². The zero-order valence-electron chi connectivity index (χ0n) is 7.51. The third-order valence-electron chi connectivity index (χ3n) is 2.39. The molecule has 0 amide bonds. The van der Waals surface area contributed by atoms with Crippen molar-refractivity contribution in [3.63, 3.8) is 0 Å². The molecule has 0 unspecified atom stereocenters. The molecule has 13 heavy (non-hydrogen) atoms. The number of nitrogens with two attached hydrogens (primary N) is 1. The predicted octanol–water partition coefficient (Wildman–Crippen LogP) is 2.25. The van der Waals surface area contributed by atoms with E-state index in [4.69, 9.17) is 10.5 Å². The summed E-state index contributed by atoms with van der Waals surface area (Å²) in [7, 11) is 0. The Labute approximate surface area is 91.6 Å². The van der Waals surface area contributed by atoms with Crippen LogP contribution in [0, 0.1) is 3.57 Å². The van der Waals surface area contributed by atoms with E-state index in [9.17, 15) is 0 Å². The molecule has 0 aliphatic carbocycles. The number of benzene rings is 1. The highest BCUT2D eigenvalue weighted by atomic mass is 127. The van der Waals surface area contributed by atoms with E-state index in [2.05, 4.69) is 41.6 Å². The fourth-order valence-corrected chi connectivity index (χ4v) is 2.48. The first-order valence-electron chi connectivity index (χ1n) is 4.43. The van der Waals surface area contributed by atoms with Crippen molar-refractivity contribution in [2.24, 2.45) is 5.73 Å². The van der Waals surface area contributed by atoms with Gasteiger partial charge < -0.3 is 10.5 Å². The van der Waals surface area contributed by atoms with Gasteiger partial charge in [-0.3, -0.25) is 0 Å². The second-order valence-corrected chi connectivity index (χ2v) is 4.38. The van der Waals surface area contributed by atoms with Gasteiger partial charge in [0.05, 0.1) is 6.04 Å². The molecule has 0 aromatic heterocycles. The maximum absolute atomic E-state index is 5.89. The van der Waals surface area contributed by atoms with Gasteiger partial charge in [-0.15, -0.1) is 0 Å². The highest BCUT2D eigenvalue weighted by Gasteiger charge is 2.23. The molecule has 0 fully saturated rings. The van der Waals surface area contributed by atoms with Gasteiger partial charge in [-0.25, -0.2) is 0 Å². The normalized spacial score (nSPS) is 19.8. The molecule has 1 heterocycles. The first-order chi connectivity index (χ1) is 6.24. The van der Waals surface area contributed by atoms with Crippen molar-refractivity contribution >= 4 is 22.6 Å². The molecule has 0 spiro atoms. The van der Waals surface area contributed by atoms with Crippen LogP contribution in [0.2, 0.25) is 0 Å². The summed E-state index contributed by atoms with van der Waals surface area (Å²) in [6.07, 6.45) is 1.01. The SMILES string of the molecule is CCc1c(I)ccc2c1OC[C@@H]2N. The lowest BCUT2D eigenvalue weighted by Gasteiger charge is -2.07. The number of rotatable bonds is 1. The van der Waals surface area contributed by atoms with Gasteiger partial charge in [0.2, 0.25) is 0 Å². The Morgan fingerprint density at radius 2 is 2.38 bits per heavy atom. The number of halogens is 1. The molecule has 0 bridgehead atoms. The van der Waals surface area contributed by atoms with Crippen LogP contribution in [0.25, 0.3) is 0 Å². The van der Waals surface area contributed by atoms with Crippen molar-refractivity contribution in [3.05, 3.63) is 26.8 Å². The molecule has 1 aromatic carbocycles. The molecule has 0 radical (unpaired) electrons. The molecular weight excluding hydrogens is 277 g/mol. The lowest BCUT2D eigenvalue weighted by molar-refractivity contribution is 0.330. The Hall–Kier alpha value is -0.290. The van der Waals surface area contributed by atoms with Gasteiger partial charge in [-0.05, 0) is 35.1 Å². The first-order valence-corrected chi connectivity index (χ1v) is 5.51. The van der Waals surface area contributed by atoms with Gasteiger partial charge in [-0.2, -0.15) is 0 Å². The summed E-state index contributed by atoms with van der Waals surface area (Å²) < 4.78 is 6.86. The molecule has 2 N–H and O–H groups in total. The molecule has 3 heteroatoms. The van der Waals surface area contributed by atoms with E-state index in [1.54, 1.807) is 0 Å². The van der Waals surface area contributed by atoms with Crippen LogP contribution in [0.1, 0.15) is 24.1 Å². The van der Waals surface area contributed by atoms with Crippen molar-refractivity contribution in [3.8, 4) is 5.75 Å². The molecule has 1 aliphatic rings. The van der Waals surface area contributed by atoms with Gasteiger partial charge in [0.25, 0.3) is 0 Å². The van der Waals surface area contributed by atoms with Crippen LogP contribution < -0.4 is 10.5 Å². The van der Waals surface area contributed by atoms with Crippen LogP contribution in [-0.2, 0) is 6.42 Å². The average Bonchev–Trinajstić information content (AvgIpc) is 2.48. The van der Waals surface area contributed by atoms with Crippen molar-refractivity contribution in [2.45, 2.75) is 19.4 Å². The smallest absolute Gasteiger partial charge is 0.128 e. The fourth-order valence-electron chi connectivity index (χ4n) is 1.68. The second kappa shape index (κ2) is 3.46. The van der Waals surface area contributed by atoms with Crippen molar-refractivity contribution in [1.29, 1.82) is 0 Å². The maximum Gasteiger partial charge on any atom is 0.128 e. The molecule has 2 nitrogen and oxygen atoms in total. The van der Waals surface area contributed by atoms with Crippen LogP contribution in [0.5, 0.6) is 5.75 Å². The molecule has 1 aromatic rings. The van der Waals surface area contributed by atoms with Crippen molar-refractivity contribution in [1.82, 2.24) is 0 Å². The molecule has 0 saturated carbocycles. The lowest BCUT2D eigenvalue weighted by Crippen LogP contribution is -2.10. The van der Waals surface area contributed by atoms with Gasteiger partial charge >= 0.3 is 0 Å². The van der Waals surface area contributed by atoms with Crippen molar-refractivity contribution in [2.75, 3.05) is 6.61 Å². The first kappa shape index (κ1) is 9.27. The Kier molecular flexibility index (Phi) is 2.47. The van der Waals surface area contributed by atoms with E-state index in [-0.39, 0.29) is 6.04 Å². The number of hydrogen-bond donors (Lipinski definition) is 1. The Morgan fingerprint density at radius 3 is 3.08 bits per heavy atom. The molecule has 1 aliphatic heterocycles. The van der Waals surface area contributed by atoms with Crippen LogP contribution >= 0.6 is 22.6 Å². The van der Waals surface area contributed by atoms with Gasteiger partial charge in [0, 0.05) is 14.7 Å². The van der Waals surface area contributed by atoms with E-state index >= 15 is 0 Å². The zero-order valence-corrected chi connectivity index (χ0v) is 9.67. The highest BCUT2D eigenvalue weighted by molar-refractivity contribution is 14.1. The molecule has 0 saturated heterocycles. The fraction of sp³-hybridized carbons (Fsp3) is 0.400. The molecule has 2 rings (SSSR count). The number of hydrogen-bond acceptors (Lipinski definition) is 2. The predicted molar refractivity (Wildman–Crippen MR) is 61.0 cm³/mol. The standard InChI is InChI=1S/C10H12INO/c1-2-6-8(11)4-3-7-9(12)5-13-10(6)7/h3-4,9H,2,5,12H2,1H3/t9-/m0/s1. The summed E-state index contributed by atoms with van der Waals surface area (Å²) in [6.45, 7) is 2.77. The monoisotopic (exact) mass is 289 g/mol. The zero-order chi connectivity index (χ0) is 9.42. The largest absolute Gasteiger partial charge is 0.491 e. The summed E-state index contributed by atoms with van der Waals surface area (Å²) >= 11 is 2.34. The van der Waals surface area contributed by atoms with Gasteiger partial charge in [-0.1, -0.05) is 13.0 Å². The topological polar surface area (TPSA) is 35.2 Å². The van der Waals surface area contributed by atoms with E-state index in [1.165, 1.54) is 9.13 Å². The number of fused-ring (bicyclic) bond motifs is 1. The van der Waals surface area contributed by atoms with E-state index in [0.29, 0.717) is 6.61 Å². The second-order valence-electron chi connectivity index (χ2n) is 3.22. The Morgan fingerprint density at radius 1 is 1.62 bits per heavy atom. The van der Waals surface area contributed by atoms with E-state index in [0.717, 1.165) is 17.7 Å².